The lowest BCUT2D eigenvalue weighted by Gasteiger charge is -2.23. The van der Waals surface area contributed by atoms with E-state index in [1.807, 2.05) is 30.3 Å². The molecule has 4 rings (SSSR count). The van der Waals surface area contributed by atoms with Gasteiger partial charge in [0.25, 0.3) is 5.91 Å². The average Bonchev–Trinajstić information content (AvgIpc) is 3.15. The van der Waals surface area contributed by atoms with E-state index in [9.17, 15) is 13.2 Å². The largest absolute Gasteiger partial charge is 0.482 e. The second kappa shape index (κ2) is 7.80. The average molecular weight is 415 g/mol. The maximum Gasteiger partial charge on any atom is 0.262 e. The Kier molecular flexibility index (Phi) is 5.36. The third-order valence-electron chi connectivity index (χ3n) is 5.83. The second-order valence-corrected chi connectivity index (χ2v) is 10.0. The molecular weight excluding hydrogens is 388 g/mol. The predicted octanol–water partition coefficient (Wildman–Crippen LogP) is 3.41. The van der Waals surface area contributed by atoms with Crippen molar-refractivity contribution >= 4 is 21.4 Å². The maximum atomic E-state index is 11.6. The topological polar surface area (TPSA) is 84.5 Å². The molecule has 1 heterocycles. The highest BCUT2D eigenvalue weighted by molar-refractivity contribution is 7.90. The van der Waals surface area contributed by atoms with Crippen LogP contribution in [0, 0.1) is 0 Å². The van der Waals surface area contributed by atoms with Crippen LogP contribution in [0.4, 0.5) is 5.69 Å². The minimum atomic E-state index is -3.16. The molecule has 2 aromatic rings. The first-order valence-corrected chi connectivity index (χ1v) is 11.8. The Morgan fingerprint density at radius 2 is 1.90 bits per heavy atom. The third-order valence-corrected chi connectivity index (χ3v) is 6.96. The molecule has 1 aliphatic carbocycles. The zero-order valence-corrected chi connectivity index (χ0v) is 17.5. The van der Waals surface area contributed by atoms with E-state index in [0.717, 1.165) is 30.5 Å². The number of hydrogen-bond donors (Lipinski definition) is 2. The van der Waals surface area contributed by atoms with Crippen LogP contribution in [0.3, 0.4) is 0 Å². The van der Waals surface area contributed by atoms with Gasteiger partial charge in [-0.1, -0.05) is 18.2 Å². The fraction of sp³-hybridized carbons (Fsp3) is 0.409. The summed E-state index contributed by atoms with van der Waals surface area (Å²) in [5.74, 6) is 1.01. The number of benzene rings is 2. The summed E-state index contributed by atoms with van der Waals surface area (Å²) in [6.07, 6.45) is 4.41. The van der Waals surface area contributed by atoms with Gasteiger partial charge in [-0.25, -0.2) is 8.42 Å². The number of sulfone groups is 1. The fourth-order valence-electron chi connectivity index (χ4n) is 4.24. The Hall–Kier alpha value is -2.38. The highest BCUT2D eigenvalue weighted by atomic mass is 32.2. The summed E-state index contributed by atoms with van der Waals surface area (Å²) in [7, 11) is -3.16. The van der Waals surface area contributed by atoms with Gasteiger partial charge in [-0.2, -0.15) is 0 Å². The van der Waals surface area contributed by atoms with Crippen LogP contribution in [0.15, 0.2) is 47.4 Å². The van der Waals surface area contributed by atoms with E-state index >= 15 is 0 Å². The van der Waals surface area contributed by atoms with Crippen LogP contribution in [-0.2, 0) is 14.6 Å². The van der Waals surface area contributed by atoms with E-state index in [1.165, 1.54) is 11.8 Å². The van der Waals surface area contributed by atoms with Gasteiger partial charge in [-0.3, -0.25) is 4.79 Å². The number of ether oxygens (including phenoxy) is 1. The Balaban J connectivity index is 1.39. The molecule has 6 nitrogen and oxygen atoms in total. The lowest BCUT2D eigenvalue weighted by molar-refractivity contribution is -0.118. The molecule has 29 heavy (non-hydrogen) atoms. The van der Waals surface area contributed by atoms with Crippen molar-refractivity contribution in [2.24, 2.45) is 0 Å². The monoisotopic (exact) mass is 414 g/mol. The van der Waals surface area contributed by atoms with Crippen molar-refractivity contribution < 1.29 is 17.9 Å². The van der Waals surface area contributed by atoms with Crippen molar-refractivity contribution in [3.05, 3.63) is 53.6 Å². The minimum Gasteiger partial charge on any atom is -0.482 e. The summed E-state index contributed by atoms with van der Waals surface area (Å²) >= 11 is 0. The van der Waals surface area contributed by atoms with Gasteiger partial charge in [-0.05, 0) is 67.5 Å². The van der Waals surface area contributed by atoms with Crippen molar-refractivity contribution in [3.63, 3.8) is 0 Å². The molecular formula is C22H26N2O4S. The first-order valence-electron chi connectivity index (χ1n) is 9.92. The van der Waals surface area contributed by atoms with Gasteiger partial charge in [0.05, 0.1) is 10.6 Å². The summed E-state index contributed by atoms with van der Waals surface area (Å²) < 4.78 is 28.7. The number of fused-ring (bicyclic) bond motifs is 1. The Morgan fingerprint density at radius 3 is 2.62 bits per heavy atom. The SMILES string of the molecule is CC(NC1CCC(c2ccc(S(C)(=O)=O)cc2)C1)c1ccc2c(c1)NC(=O)CO2. The number of nitrogens with one attached hydrogen (secondary N) is 2. The molecule has 1 fully saturated rings. The number of carbonyl (C=O) groups is 1. The molecule has 154 valence electrons. The lowest BCUT2D eigenvalue weighted by Crippen LogP contribution is -2.30. The summed E-state index contributed by atoms with van der Waals surface area (Å²) in [5.41, 5.74) is 3.03. The molecule has 2 aliphatic rings. The number of amides is 1. The maximum absolute atomic E-state index is 11.6. The zero-order chi connectivity index (χ0) is 20.6. The highest BCUT2D eigenvalue weighted by Crippen LogP contribution is 2.36. The zero-order valence-electron chi connectivity index (χ0n) is 16.6. The first kappa shape index (κ1) is 19.9. The molecule has 0 saturated heterocycles. The van der Waals surface area contributed by atoms with Crippen LogP contribution in [0.5, 0.6) is 5.75 Å². The summed E-state index contributed by atoms with van der Waals surface area (Å²) in [5, 5.41) is 6.56. The molecule has 0 radical (unpaired) electrons. The number of hydrogen-bond acceptors (Lipinski definition) is 5. The van der Waals surface area contributed by atoms with Gasteiger partial charge < -0.3 is 15.4 Å². The standard InChI is InChI=1S/C22H26N2O4S/c1-14(16-6-10-21-20(12-16)24-22(25)13-28-21)23-18-7-3-17(11-18)15-4-8-19(9-5-15)29(2,26)27/h4-6,8-10,12,14,17-18,23H,3,7,11,13H2,1-2H3,(H,24,25). The van der Waals surface area contributed by atoms with Crippen molar-refractivity contribution in [2.75, 3.05) is 18.2 Å². The van der Waals surface area contributed by atoms with Gasteiger partial charge in [0.15, 0.2) is 16.4 Å². The van der Waals surface area contributed by atoms with Crippen molar-refractivity contribution in [2.45, 2.75) is 49.1 Å². The molecule has 3 atom stereocenters. The van der Waals surface area contributed by atoms with Gasteiger partial charge in [0, 0.05) is 18.3 Å². The van der Waals surface area contributed by atoms with Gasteiger partial charge >= 0.3 is 0 Å². The molecule has 0 aromatic heterocycles. The van der Waals surface area contributed by atoms with E-state index in [4.69, 9.17) is 4.74 Å². The second-order valence-electron chi connectivity index (χ2n) is 8.03. The predicted molar refractivity (Wildman–Crippen MR) is 112 cm³/mol. The molecule has 2 N–H and O–H groups in total. The van der Waals surface area contributed by atoms with Crippen LogP contribution >= 0.6 is 0 Å². The Labute approximate surface area is 171 Å². The van der Waals surface area contributed by atoms with Crippen LogP contribution in [0.1, 0.15) is 49.3 Å². The quantitative estimate of drug-likeness (QED) is 0.783. The molecule has 7 heteroatoms. The van der Waals surface area contributed by atoms with Crippen LogP contribution < -0.4 is 15.4 Å². The Bertz CT molecular complexity index is 1020. The van der Waals surface area contributed by atoms with Gasteiger partial charge in [-0.15, -0.1) is 0 Å². The minimum absolute atomic E-state index is 0.0643. The van der Waals surface area contributed by atoms with Crippen LogP contribution in [-0.4, -0.2) is 33.2 Å². The molecule has 0 bridgehead atoms. The van der Waals surface area contributed by atoms with Gasteiger partial charge in [0.1, 0.15) is 5.75 Å². The first-order chi connectivity index (χ1) is 13.8. The van der Waals surface area contributed by atoms with Crippen LogP contribution in [0.25, 0.3) is 0 Å². The lowest BCUT2D eigenvalue weighted by atomic mass is 9.97. The summed E-state index contributed by atoms with van der Waals surface area (Å²) in [4.78, 5) is 11.9. The van der Waals surface area contributed by atoms with Crippen molar-refractivity contribution in [3.8, 4) is 5.75 Å². The van der Waals surface area contributed by atoms with E-state index in [2.05, 4.69) is 17.6 Å². The van der Waals surface area contributed by atoms with Gasteiger partial charge in [0.2, 0.25) is 0 Å². The normalized spacial score (nSPS) is 22.5. The molecule has 1 saturated carbocycles. The highest BCUT2D eigenvalue weighted by Gasteiger charge is 2.27. The van der Waals surface area contributed by atoms with Crippen LogP contribution in [0.2, 0.25) is 0 Å². The van der Waals surface area contributed by atoms with E-state index < -0.39 is 9.84 Å². The molecule has 3 unspecified atom stereocenters. The van der Waals surface area contributed by atoms with E-state index in [1.54, 1.807) is 12.1 Å². The molecule has 1 aliphatic heterocycles. The van der Waals surface area contributed by atoms with Crippen molar-refractivity contribution in [1.29, 1.82) is 0 Å². The van der Waals surface area contributed by atoms with Crippen molar-refractivity contribution in [1.82, 2.24) is 5.32 Å². The smallest absolute Gasteiger partial charge is 0.262 e. The molecule has 2 aromatic carbocycles. The van der Waals surface area contributed by atoms with E-state index in [-0.39, 0.29) is 18.6 Å². The Morgan fingerprint density at radius 1 is 1.14 bits per heavy atom. The fourth-order valence-corrected chi connectivity index (χ4v) is 4.87. The number of rotatable bonds is 5. The third kappa shape index (κ3) is 4.46. The summed E-state index contributed by atoms with van der Waals surface area (Å²) in [6.45, 7) is 2.19. The van der Waals surface area contributed by atoms with E-state index in [0.29, 0.717) is 22.6 Å². The summed E-state index contributed by atoms with van der Waals surface area (Å²) in [6, 6.07) is 13.8. The number of carbonyl (C=O) groups excluding carboxylic acids is 1. The number of anilines is 1. The molecule has 1 amide bonds. The molecule has 0 spiro atoms.